The molecule has 2 unspecified atom stereocenters. The van der Waals surface area contributed by atoms with Gasteiger partial charge < -0.3 is 14.4 Å². The smallest absolute Gasteiger partial charge is 0.227 e. The average molecular weight is 440 g/mol. The summed E-state index contributed by atoms with van der Waals surface area (Å²) in [4.78, 5) is 27.5. The SMILES string of the molecule is O=C(C1CCN([S+](=O)([O-])c2ccccc2)C1)N1CCC(c2nc3ncccc3[nH]2)CC1. The molecule has 2 saturated heterocycles. The first-order valence-corrected chi connectivity index (χ1v) is 12.1. The summed E-state index contributed by atoms with van der Waals surface area (Å²) in [6, 6.07) is 12.3. The highest BCUT2D eigenvalue weighted by atomic mass is 32.3. The van der Waals surface area contributed by atoms with E-state index in [0.717, 1.165) is 29.8 Å². The number of carbonyl (C=O) groups is 1. The van der Waals surface area contributed by atoms with Crippen molar-refractivity contribution in [2.45, 2.75) is 30.1 Å². The Balaban J connectivity index is 1.20. The second kappa shape index (κ2) is 8.14. The number of H-pyrrole nitrogens is 1. The van der Waals surface area contributed by atoms with Gasteiger partial charge in [0.2, 0.25) is 5.91 Å². The van der Waals surface area contributed by atoms with Gasteiger partial charge in [0.15, 0.2) is 20.9 Å². The Morgan fingerprint density at radius 2 is 1.84 bits per heavy atom. The van der Waals surface area contributed by atoms with Gasteiger partial charge in [0.05, 0.1) is 18.0 Å². The van der Waals surface area contributed by atoms with Gasteiger partial charge >= 0.3 is 0 Å². The Kier molecular flexibility index (Phi) is 5.33. The predicted octanol–water partition coefficient (Wildman–Crippen LogP) is 2.59. The van der Waals surface area contributed by atoms with Crippen molar-refractivity contribution in [2.75, 3.05) is 26.2 Å². The number of aromatic nitrogens is 3. The van der Waals surface area contributed by atoms with Crippen LogP contribution in [0.15, 0.2) is 53.6 Å². The molecule has 0 saturated carbocycles. The van der Waals surface area contributed by atoms with Gasteiger partial charge in [-0.2, -0.15) is 0 Å². The number of fused-ring (bicyclic) bond motifs is 1. The highest BCUT2D eigenvalue weighted by Gasteiger charge is 2.41. The van der Waals surface area contributed by atoms with Gasteiger partial charge in [0, 0.05) is 31.7 Å². The largest absolute Gasteiger partial charge is 0.593 e. The minimum Gasteiger partial charge on any atom is -0.593 e. The topological polar surface area (TPSA) is 105 Å². The minimum atomic E-state index is -3.55. The molecule has 2 atom stereocenters. The fraction of sp³-hybridized carbons (Fsp3) is 0.409. The van der Waals surface area contributed by atoms with E-state index in [9.17, 15) is 13.6 Å². The standard InChI is InChI=1S/C22H25N5O3S/c28-22(17-10-14-27(15-17)31(29,30)18-5-2-1-3-6-18)26-12-8-16(9-13-26)20-24-19-7-4-11-23-21(19)25-20/h1-7,11,16-17H,8-10,12-15H2,(H-,23,24,25,29,30). The summed E-state index contributed by atoms with van der Waals surface area (Å²) in [5, 5.41) is 0. The van der Waals surface area contributed by atoms with E-state index in [1.165, 1.54) is 4.31 Å². The van der Waals surface area contributed by atoms with Crippen LogP contribution in [-0.4, -0.2) is 60.8 Å². The van der Waals surface area contributed by atoms with Crippen molar-refractivity contribution in [3.8, 4) is 0 Å². The van der Waals surface area contributed by atoms with Crippen molar-refractivity contribution in [1.82, 2.24) is 24.2 Å². The number of rotatable bonds is 4. The summed E-state index contributed by atoms with van der Waals surface area (Å²) in [7, 11) is -3.55. The number of piperidine rings is 1. The summed E-state index contributed by atoms with van der Waals surface area (Å²) in [6.45, 7) is 1.97. The maximum atomic E-state index is 13.1. The van der Waals surface area contributed by atoms with E-state index in [4.69, 9.17) is 0 Å². The molecule has 2 aliphatic heterocycles. The zero-order valence-corrected chi connectivity index (χ0v) is 18.0. The van der Waals surface area contributed by atoms with Gasteiger partial charge in [-0.1, -0.05) is 22.4 Å². The lowest BCUT2D eigenvalue weighted by atomic mass is 9.95. The van der Waals surface area contributed by atoms with Gasteiger partial charge in [0.1, 0.15) is 5.82 Å². The second-order valence-corrected chi connectivity index (χ2v) is 10.2. The second-order valence-electron chi connectivity index (χ2n) is 8.26. The zero-order valence-electron chi connectivity index (χ0n) is 17.1. The van der Waals surface area contributed by atoms with Gasteiger partial charge in [-0.05, 0) is 43.5 Å². The Hall–Kier alpha value is -2.62. The summed E-state index contributed by atoms with van der Waals surface area (Å²) in [5.74, 6) is 1.000. The van der Waals surface area contributed by atoms with E-state index in [2.05, 4.69) is 15.0 Å². The normalized spacial score (nSPS) is 22.6. The third kappa shape index (κ3) is 3.88. The Bertz CT molecular complexity index is 1090. The van der Waals surface area contributed by atoms with Gasteiger partial charge in [-0.3, -0.25) is 4.79 Å². The molecule has 1 aromatic carbocycles. The quantitative estimate of drug-likeness (QED) is 0.629. The van der Waals surface area contributed by atoms with Crippen LogP contribution in [0.1, 0.15) is 31.0 Å². The van der Waals surface area contributed by atoms with Crippen molar-refractivity contribution in [1.29, 1.82) is 0 Å². The van der Waals surface area contributed by atoms with Gasteiger partial charge in [-0.25, -0.2) is 9.97 Å². The van der Waals surface area contributed by atoms with Crippen molar-refractivity contribution in [2.24, 2.45) is 5.92 Å². The zero-order chi connectivity index (χ0) is 21.4. The van der Waals surface area contributed by atoms with Crippen molar-refractivity contribution >= 4 is 27.5 Å². The molecule has 9 heteroatoms. The molecule has 1 N–H and O–H groups in total. The Morgan fingerprint density at radius 1 is 1.06 bits per heavy atom. The van der Waals surface area contributed by atoms with Gasteiger partial charge in [0.25, 0.3) is 0 Å². The predicted molar refractivity (Wildman–Crippen MR) is 116 cm³/mol. The molecule has 2 fully saturated rings. The number of pyridine rings is 1. The summed E-state index contributed by atoms with van der Waals surface area (Å²) >= 11 is 0. The highest BCUT2D eigenvalue weighted by molar-refractivity contribution is 7.95. The van der Waals surface area contributed by atoms with E-state index < -0.39 is 10.4 Å². The molecule has 0 spiro atoms. The number of nitrogens with zero attached hydrogens (tertiary/aromatic N) is 4. The molecule has 4 heterocycles. The third-order valence-corrected chi connectivity index (χ3v) is 8.23. The molecule has 3 aromatic rings. The monoisotopic (exact) mass is 439 g/mol. The highest BCUT2D eigenvalue weighted by Crippen LogP contribution is 2.31. The van der Waals surface area contributed by atoms with Crippen LogP contribution in [-0.2, 0) is 19.4 Å². The molecule has 162 valence electrons. The molecule has 1 amide bonds. The number of sulfonamides is 1. The summed E-state index contributed by atoms with van der Waals surface area (Å²) in [5.41, 5.74) is 1.66. The molecule has 0 radical (unpaired) electrons. The summed E-state index contributed by atoms with van der Waals surface area (Å²) < 4.78 is 27.1. The Labute approximate surface area is 182 Å². The van der Waals surface area contributed by atoms with Crippen molar-refractivity contribution in [3.63, 3.8) is 0 Å². The molecule has 31 heavy (non-hydrogen) atoms. The van der Waals surface area contributed by atoms with Crippen molar-refractivity contribution in [3.05, 3.63) is 54.5 Å². The van der Waals surface area contributed by atoms with Crippen LogP contribution in [0.3, 0.4) is 0 Å². The van der Waals surface area contributed by atoms with E-state index in [1.807, 2.05) is 17.0 Å². The van der Waals surface area contributed by atoms with E-state index in [0.29, 0.717) is 26.1 Å². The number of nitrogens with one attached hydrogen (secondary N) is 1. The van der Waals surface area contributed by atoms with E-state index >= 15 is 0 Å². The maximum Gasteiger partial charge on any atom is 0.227 e. The fourth-order valence-electron chi connectivity index (χ4n) is 4.58. The number of benzene rings is 1. The molecular weight excluding hydrogens is 414 g/mol. The number of hydrogen-bond donors (Lipinski definition) is 1. The first kappa shape index (κ1) is 20.3. The number of imidazole rings is 1. The molecule has 0 aliphatic carbocycles. The number of hydrogen-bond acceptors (Lipinski definition) is 5. The molecule has 0 bridgehead atoms. The van der Waals surface area contributed by atoms with E-state index in [-0.39, 0.29) is 29.2 Å². The van der Waals surface area contributed by atoms with E-state index in [1.54, 1.807) is 36.5 Å². The van der Waals surface area contributed by atoms with Crippen LogP contribution in [0.2, 0.25) is 0 Å². The molecule has 8 nitrogen and oxygen atoms in total. The van der Waals surface area contributed by atoms with Crippen LogP contribution >= 0.6 is 0 Å². The molecule has 2 aliphatic rings. The first-order chi connectivity index (χ1) is 15.0. The average Bonchev–Trinajstić information content (AvgIpc) is 3.47. The summed E-state index contributed by atoms with van der Waals surface area (Å²) in [6.07, 6.45) is 3.98. The van der Waals surface area contributed by atoms with Crippen LogP contribution in [0.25, 0.3) is 11.2 Å². The van der Waals surface area contributed by atoms with Crippen molar-refractivity contribution < 1.29 is 13.6 Å². The molecule has 5 rings (SSSR count). The third-order valence-electron chi connectivity index (χ3n) is 6.35. The van der Waals surface area contributed by atoms with Gasteiger partial charge in [-0.15, -0.1) is 4.31 Å². The fourth-order valence-corrected chi connectivity index (χ4v) is 6.10. The lowest BCUT2D eigenvalue weighted by Crippen LogP contribution is -2.43. The maximum absolute atomic E-state index is 13.1. The van der Waals surface area contributed by atoms with Crippen LogP contribution in [0, 0.1) is 5.92 Å². The number of carbonyl (C=O) groups excluding carboxylic acids is 1. The first-order valence-electron chi connectivity index (χ1n) is 10.7. The molecular formula is C22H25N5O3S. The molecule has 2 aromatic heterocycles. The number of likely N-dealkylation sites (tertiary alicyclic amines) is 1. The van der Waals surface area contributed by atoms with Crippen LogP contribution in [0.5, 0.6) is 0 Å². The van der Waals surface area contributed by atoms with Crippen LogP contribution in [0.4, 0.5) is 0 Å². The minimum absolute atomic E-state index is 0.0653. The van der Waals surface area contributed by atoms with Crippen LogP contribution < -0.4 is 0 Å². The number of aromatic amines is 1. The Morgan fingerprint density at radius 3 is 2.58 bits per heavy atom. The lowest BCUT2D eigenvalue weighted by molar-refractivity contribution is -0.136. The number of amides is 1. The lowest BCUT2D eigenvalue weighted by Gasteiger charge is -2.33.